The van der Waals surface area contributed by atoms with Gasteiger partial charge in [0, 0.05) is 18.1 Å². The van der Waals surface area contributed by atoms with E-state index in [9.17, 15) is 4.79 Å². The van der Waals surface area contributed by atoms with Crippen molar-refractivity contribution in [1.29, 1.82) is 0 Å². The maximum Gasteiger partial charge on any atom is 0.257 e. The summed E-state index contributed by atoms with van der Waals surface area (Å²) in [5.41, 5.74) is 0.397. The average molecular weight is 276 g/mol. The van der Waals surface area contributed by atoms with Gasteiger partial charge in [0.05, 0.1) is 17.7 Å². The maximum atomic E-state index is 12.2. The molecule has 0 spiro atoms. The molecular formula is C12H15Cl2NO2. The van der Waals surface area contributed by atoms with Crippen molar-refractivity contribution in [3.8, 4) is 5.75 Å². The fourth-order valence-electron chi connectivity index (χ4n) is 1.61. The van der Waals surface area contributed by atoms with Gasteiger partial charge >= 0.3 is 0 Å². The van der Waals surface area contributed by atoms with Gasteiger partial charge in [0.15, 0.2) is 0 Å². The molecule has 0 heterocycles. The lowest BCUT2D eigenvalue weighted by Crippen LogP contribution is -2.30. The third-order valence-electron chi connectivity index (χ3n) is 2.49. The van der Waals surface area contributed by atoms with E-state index in [1.54, 1.807) is 17.0 Å². The van der Waals surface area contributed by atoms with Crippen LogP contribution in [0.5, 0.6) is 5.75 Å². The Labute approximate surface area is 111 Å². The molecular weight excluding hydrogens is 261 g/mol. The molecule has 0 aliphatic heterocycles. The van der Waals surface area contributed by atoms with Crippen molar-refractivity contribution in [2.45, 2.75) is 13.8 Å². The first-order valence-corrected chi connectivity index (χ1v) is 6.13. The molecule has 0 aromatic heterocycles. The average Bonchev–Trinajstić information content (AvgIpc) is 2.29. The van der Waals surface area contributed by atoms with Crippen molar-refractivity contribution in [1.82, 2.24) is 4.90 Å². The molecule has 0 atom stereocenters. The van der Waals surface area contributed by atoms with Gasteiger partial charge in [-0.1, -0.05) is 23.2 Å². The van der Waals surface area contributed by atoms with Crippen LogP contribution in [0.25, 0.3) is 0 Å². The number of rotatable bonds is 4. The predicted molar refractivity (Wildman–Crippen MR) is 70.3 cm³/mol. The van der Waals surface area contributed by atoms with Gasteiger partial charge in [-0.25, -0.2) is 0 Å². The number of amides is 1. The minimum absolute atomic E-state index is 0.128. The molecule has 0 bridgehead atoms. The highest BCUT2D eigenvalue weighted by Crippen LogP contribution is 2.32. The quantitative estimate of drug-likeness (QED) is 0.842. The highest BCUT2D eigenvalue weighted by molar-refractivity contribution is 6.36. The minimum Gasteiger partial charge on any atom is -0.494 e. The molecule has 17 heavy (non-hydrogen) atoms. The molecule has 3 nitrogen and oxygen atoms in total. The van der Waals surface area contributed by atoms with Crippen LogP contribution in [0.2, 0.25) is 10.0 Å². The molecule has 0 unspecified atom stereocenters. The van der Waals surface area contributed by atoms with Crippen LogP contribution in [0.3, 0.4) is 0 Å². The number of ether oxygens (including phenoxy) is 1. The minimum atomic E-state index is -0.128. The van der Waals surface area contributed by atoms with Gasteiger partial charge in [0.25, 0.3) is 5.91 Å². The largest absolute Gasteiger partial charge is 0.494 e. The smallest absolute Gasteiger partial charge is 0.257 e. The van der Waals surface area contributed by atoms with Gasteiger partial charge in [-0.3, -0.25) is 4.79 Å². The Morgan fingerprint density at radius 1 is 1.29 bits per heavy atom. The van der Waals surface area contributed by atoms with Crippen molar-refractivity contribution < 1.29 is 9.53 Å². The lowest BCUT2D eigenvalue weighted by molar-refractivity contribution is 0.0769. The Morgan fingerprint density at radius 2 is 1.88 bits per heavy atom. The summed E-state index contributed by atoms with van der Waals surface area (Å²) in [6.07, 6.45) is 0. The summed E-state index contributed by atoms with van der Waals surface area (Å²) in [4.78, 5) is 13.9. The molecule has 1 aromatic rings. The Morgan fingerprint density at radius 3 is 2.35 bits per heavy atom. The Balaban J connectivity index is 3.24. The number of benzene rings is 1. The highest BCUT2D eigenvalue weighted by atomic mass is 35.5. The van der Waals surface area contributed by atoms with E-state index < -0.39 is 0 Å². The molecule has 1 aromatic carbocycles. The first-order chi connectivity index (χ1) is 8.04. The second-order valence-electron chi connectivity index (χ2n) is 3.45. The van der Waals surface area contributed by atoms with E-state index in [2.05, 4.69) is 0 Å². The molecule has 0 saturated carbocycles. The van der Waals surface area contributed by atoms with Crippen molar-refractivity contribution in [3.05, 3.63) is 27.7 Å². The summed E-state index contributed by atoms with van der Waals surface area (Å²) >= 11 is 11.9. The molecule has 0 radical (unpaired) electrons. The van der Waals surface area contributed by atoms with Crippen LogP contribution in [0.1, 0.15) is 24.2 Å². The fourth-order valence-corrected chi connectivity index (χ4v) is 2.18. The van der Waals surface area contributed by atoms with Crippen LogP contribution in [-0.4, -0.2) is 31.0 Å². The summed E-state index contributed by atoms with van der Waals surface area (Å²) in [5, 5.41) is 0.766. The van der Waals surface area contributed by atoms with Crippen molar-refractivity contribution in [3.63, 3.8) is 0 Å². The van der Waals surface area contributed by atoms with E-state index in [4.69, 9.17) is 27.9 Å². The van der Waals surface area contributed by atoms with E-state index in [1.807, 2.05) is 13.8 Å². The van der Waals surface area contributed by atoms with Crippen LogP contribution in [0.4, 0.5) is 0 Å². The van der Waals surface area contributed by atoms with Crippen molar-refractivity contribution in [2.24, 2.45) is 0 Å². The van der Waals surface area contributed by atoms with E-state index >= 15 is 0 Å². The van der Waals surface area contributed by atoms with Gasteiger partial charge in [-0.05, 0) is 26.0 Å². The van der Waals surface area contributed by atoms with Gasteiger partial charge in [0.2, 0.25) is 0 Å². The highest BCUT2D eigenvalue weighted by Gasteiger charge is 2.20. The predicted octanol–water partition coefficient (Wildman–Crippen LogP) is 3.48. The monoisotopic (exact) mass is 275 g/mol. The number of hydrogen-bond acceptors (Lipinski definition) is 2. The maximum absolute atomic E-state index is 12.2. The summed E-state index contributed by atoms with van der Waals surface area (Å²) < 4.78 is 5.15. The standard InChI is InChI=1S/C12H15Cl2NO2/c1-4-15(5-2)12(16)9-6-8(13)7-10(14)11(9)17-3/h6-7H,4-5H2,1-3H3. The van der Waals surface area contributed by atoms with Crippen LogP contribution < -0.4 is 4.74 Å². The second-order valence-corrected chi connectivity index (χ2v) is 4.29. The number of halogens is 2. The Kier molecular flexibility index (Phi) is 5.09. The lowest BCUT2D eigenvalue weighted by atomic mass is 10.1. The van der Waals surface area contributed by atoms with Gasteiger partial charge in [-0.15, -0.1) is 0 Å². The lowest BCUT2D eigenvalue weighted by Gasteiger charge is -2.20. The molecule has 0 fully saturated rings. The Bertz CT molecular complexity index is 417. The van der Waals surface area contributed by atoms with Crippen LogP contribution in [0.15, 0.2) is 12.1 Å². The van der Waals surface area contributed by atoms with Gasteiger partial charge in [0.1, 0.15) is 5.75 Å². The molecule has 5 heteroatoms. The summed E-state index contributed by atoms with van der Waals surface area (Å²) in [5.74, 6) is 0.240. The van der Waals surface area contributed by atoms with Crippen LogP contribution in [0, 0.1) is 0 Å². The molecule has 0 saturated heterocycles. The molecule has 1 rings (SSSR count). The van der Waals surface area contributed by atoms with Crippen LogP contribution >= 0.6 is 23.2 Å². The molecule has 94 valence electrons. The first kappa shape index (κ1) is 14.1. The molecule has 0 aliphatic carbocycles. The van der Waals surface area contributed by atoms with E-state index in [0.717, 1.165) is 0 Å². The molecule has 0 N–H and O–H groups in total. The summed E-state index contributed by atoms with van der Waals surface area (Å²) in [6.45, 7) is 5.09. The van der Waals surface area contributed by atoms with E-state index in [-0.39, 0.29) is 5.91 Å². The Hall–Kier alpha value is -0.930. The number of nitrogens with zero attached hydrogens (tertiary/aromatic N) is 1. The number of carbonyl (C=O) groups is 1. The third-order valence-corrected chi connectivity index (χ3v) is 2.99. The molecule has 1 amide bonds. The van der Waals surface area contributed by atoms with E-state index in [0.29, 0.717) is 34.4 Å². The van der Waals surface area contributed by atoms with E-state index in [1.165, 1.54) is 7.11 Å². The van der Waals surface area contributed by atoms with Crippen molar-refractivity contribution in [2.75, 3.05) is 20.2 Å². The van der Waals surface area contributed by atoms with Crippen LogP contribution in [-0.2, 0) is 0 Å². The topological polar surface area (TPSA) is 29.5 Å². The number of methoxy groups -OCH3 is 1. The number of carbonyl (C=O) groups excluding carboxylic acids is 1. The van der Waals surface area contributed by atoms with Gasteiger partial charge < -0.3 is 9.64 Å². The fraction of sp³-hybridized carbons (Fsp3) is 0.417. The zero-order chi connectivity index (χ0) is 13.0. The zero-order valence-corrected chi connectivity index (χ0v) is 11.6. The zero-order valence-electron chi connectivity index (χ0n) is 10.1. The second kappa shape index (κ2) is 6.12. The van der Waals surface area contributed by atoms with Crippen molar-refractivity contribution >= 4 is 29.1 Å². The molecule has 0 aliphatic rings. The number of hydrogen-bond donors (Lipinski definition) is 0. The van der Waals surface area contributed by atoms with Gasteiger partial charge in [-0.2, -0.15) is 0 Å². The SMILES string of the molecule is CCN(CC)C(=O)c1cc(Cl)cc(Cl)c1OC. The normalized spacial score (nSPS) is 10.2. The summed E-state index contributed by atoms with van der Waals surface area (Å²) in [7, 11) is 1.48. The first-order valence-electron chi connectivity index (χ1n) is 5.37. The summed E-state index contributed by atoms with van der Waals surface area (Å²) in [6, 6.07) is 3.13. The third kappa shape index (κ3) is 3.05.